The quantitative estimate of drug-likeness (QED) is 0.876. The number of fused-ring (bicyclic) bond motifs is 1. The minimum Gasteiger partial charge on any atom is -0.487 e. The molecule has 1 N–H and O–H groups in total. The van der Waals surface area contributed by atoms with E-state index in [4.69, 9.17) is 4.74 Å². The molecule has 1 aliphatic heterocycles. The number of ether oxygens (including phenoxy) is 1. The molecule has 0 radical (unpaired) electrons. The first-order chi connectivity index (χ1) is 9.12. The average Bonchev–Trinajstić information content (AvgIpc) is 2.72. The first kappa shape index (κ1) is 12.9. The topological polar surface area (TPSA) is 21.3 Å². The van der Waals surface area contributed by atoms with Crippen molar-refractivity contribution in [2.45, 2.75) is 51.2 Å². The summed E-state index contributed by atoms with van der Waals surface area (Å²) < 4.78 is 19.7. The summed E-state index contributed by atoms with van der Waals surface area (Å²) in [6.45, 7) is 5.28. The minimum atomic E-state index is -0.180. The predicted molar refractivity (Wildman–Crippen MR) is 73.8 cm³/mol. The highest BCUT2D eigenvalue weighted by Crippen LogP contribution is 2.48. The van der Waals surface area contributed by atoms with Gasteiger partial charge in [-0.1, -0.05) is 13.8 Å². The maximum absolute atomic E-state index is 13.5. The lowest BCUT2D eigenvalue weighted by molar-refractivity contribution is 0.0337. The third kappa shape index (κ3) is 2.36. The van der Waals surface area contributed by atoms with E-state index in [1.165, 1.54) is 12.5 Å². The predicted octanol–water partition coefficient (Wildman–Crippen LogP) is 3.82. The van der Waals surface area contributed by atoms with Crippen LogP contribution in [-0.2, 0) is 0 Å². The Morgan fingerprint density at radius 2 is 2.26 bits per heavy atom. The van der Waals surface area contributed by atoms with E-state index in [1.54, 1.807) is 12.1 Å². The Morgan fingerprint density at radius 1 is 1.42 bits per heavy atom. The largest absolute Gasteiger partial charge is 0.487 e. The van der Waals surface area contributed by atoms with Crippen molar-refractivity contribution in [1.82, 2.24) is 5.32 Å². The molecule has 3 rings (SSSR count). The normalized spacial score (nSPS) is 33.2. The molecule has 0 aromatic heterocycles. The average molecular weight is 263 g/mol. The van der Waals surface area contributed by atoms with Gasteiger partial charge >= 0.3 is 0 Å². The van der Waals surface area contributed by atoms with Crippen molar-refractivity contribution >= 4 is 0 Å². The van der Waals surface area contributed by atoms with Crippen molar-refractivity contribution in [3.05, 3.63) is 29.6 Å². The summed E-state index contributed by atoms with van der Waals surface area (Å²) in [5.41, 5.74) is 0.948. The van der Waals surface area contributed by atoms with E-state index in [0.29, 0.717) is 0 Å². The molecule has 1 heterocycles. The molecule has 2 nitrogen and oxygen atoms in total. The van der Waals surface area contributed by atoms with Gasteiger partial charge in [0.15, 0.2) is 0 Å². The Hall–Kier alpha value is -1.09. The molecule has 0 bridgehead atoms. The van der Waals surface area contributed by atoms with Crippen LogP contribution in [0.25, 0.3) is 0 Å². The van der Waals surface area contributed by atoms with Crippen LogP contribution in [0.5, 0.6) is 5.75 Å². The van der Waals surface area contributed by atoms with Gasteiger partial charge in [0.2, 0.25) is 0 Å². The maximum atomic E-state index is 13.5. The van der Waals surface area contributed by atoms with E-state index in [0.717, 1.165) is 43.0 Å². The van der Waals surface area contributed by atoms with Gasteiger partial charge in [-0.15, -0.1) is 0 Å². The van der Waals surface area contributed by atoms with E-state index in [9.17, 15) is 4.39 Å². The summed E-state index contributed by atoms with van der Waals surface area (Å²) in [4.78, 5) is 0. The number of nitrogens with one attached hydrogen (secondary N) is 1. The third-order valence-corrected chi connectivity index (χ3v) is 4.51. The van der Waals surface area contributed by atoms with Crippen LogP contribution in [0.3, 0.4) is 0 Å². The molecule has 1 aliphatic carbocycles. The Bertz CT molecular complexity index is 476. The summed E-state index contributed by atoms with van der Waals surface area (Å²) in [7, 11) is 0. The van der Waals surface area contributed by atoms with Crippen molar-refractivity contribution in [3.63, 3.8) is 0 Å². The molecule has 104 valence electrons. The molecule has 0 amide bonds. The standard InChI is InChI=1S/C16H22FNO/c1-3-18-14-10-16(7-6-11(2)9-16)19-15-5-4-12(17)8-13(14)15/h4-5,8,11,14,18H,3,6-7,9-10H2,1-2H3. The van der Waals surface area contributed by atoms with Crippen molar-refractivity contribution in [2.75, 3.05) is 6.54 Å². The molecule has 3 atom stereocenters. The number of rotatable bonds is 2. The van der Waals surface area contributed by atoms with Crippen LogP contribution in [0.1, 0.15) is 51.1 Å². The summed E-state index contributed by atoms with van der Waals surface area (Å²) in [5.74, 6) is 1.41. The molecular formula is C16H22FNO. The monoisotopic (exact) mass is 263 g/mol. The molecule has 0 saturated heterocycles. The van der Waals surface area contributed by atoms with E-state index in [-0.39, 0.29) is 17.5 Å². The van der Waals surface area contributed by atoms with Gasteiger partial charge in [0, 0.05) is 18.0 Å². The molecule has 1 fully saturated rings. The van der Waals surface area contributed by atoms with Gasteiger partial charge in [-0.25, -0.2) is 4.39 Å². The zero-order chi connectivity index (χ0) is 13.5. The third-order valence-electron chi connectivity index (χ3n) is 4.51. The van der Waals surface area contributed by atoms with E-state index in [2.05, 4.69) is 19.2 Å². The van der Waals surface area contributed by atoms with Crippen molar-refractivity contribution in [2.24, 2.45) is 5.92 Å². The Morgan fingerprint density at radius 3 is 2.95 bits per heavy atom. The fraction of sp³-hybridized carbons (Fsp3) is 0.625. The zero-order valence-corrected chi connectivity index (χ0v) is 11.7. The lowest BCUT2D eigenvalue weighted by Crippen LogP contribution is -2.42. The Kier molecular flexibility index (Phi) is 3.25. The first-order valence-electron chi connectivity index (χ1n) is 7.34. The van der Waals surface area contributed by atoms with E-state index in [1.807, 2.05) is 0 Å². The Balaban J connectivity index is 1.95. The fourth-order valence-corrected chi connectivity index (χ4v) is 3.70. The lowest BCUT2D eigenvalue weighted by Gasteiger charge is -2.40. The van der Waals surface area contributed by atoms with Crippen LogP contribution >= 0.6 is 0 Å². The van der Waals surface area contributed by atoms with Gasteiger partial charge in [0.05, 0.1) is 0 Å². The van der Waals surface area contributed by atoms with E-state index < -0.39 is 0 Å². The van der Waals surface area contributed by atoms with Crippen LogP contribution in [0, 0.1) is 11.7 Å². The minimum absolute atomic E-state index is 0.0307. The van der Waals surface area contributed by atoms with Crippen LogP contribution in [0.15, 0.2) is 18.2 Å². The summed E-state index contributed by atoms with van der Waals surface area (Å²) >= 11 is 0. The second-order valence-electron chi connectivity index (χ2n) is 6.13. The molecule has 3 unspecified atom stereocenters. The number of hydrogen-bond donors (Lipinski definition) is 1. The number of hydrogen-bond acceptors (Lipinski definition) is 2. The van der Waals surface area contributed by atoms with Crippen LogP contribution in [-0.4, -0.2) is 12.1 Å². The van der Waals surface area contributed by atoms with Crippen molar-refractivity contribution in [3.8, 4) is 5.75 Å². The highest BCUT2D eigenvalue weighted by molar-refractivity contribution is 5.39. The zero-order valence-electron chi connectivity index (χ0n) is 11.7. The molecule has 2 aliphatic rings. The molecule has 1 spiro atoms. The molecule has 3 heteroatoms. The SMILES string of the molecule is CCNC1CC2(CCC(C)C2)Oc2ccc(F)cc21. The van der Waals surface area contributed by atoms with Crippen molar-refractivity contribution in [1.29, 1.82) is 0 Å². The summed E-state index contributed by atoms with van der Waals surface area (Å²) in [6, 6.07) is 5.13. The molecule has 1 aromatic carbocycles. The second kappa shape index (κ2) is 4.78. The van der Waals surface area contributed by atoms with Crippen molar-refractivity contribution < 1.29 is 9.13 Å². The molecule has 1 saturated carbocycles. The van der Waals surface area contributed by atoms with Crippen LogP contribution in [0.4, 0.5) is 4.39 Å². The van der Waals surface area contributed by atoms with Gasteiger partial charge in [0.25, 0.3) is 0 Å². The summed E-state index contributed by atoms with van der Waals surface area (Å²) in [5, 5.41) is 3.49. The second-order valence-corrected chi connectivity index (χ2v) is 6.13. The molecule has 19 heavy (non-hydrogen) atoms. The van der Waals surface area contributed by atoms with Gasteiger partial charge in [-0.3, -0.25) is 0 Å². The van der Waals surface area contributed by atoms with Gasteiger partial charge < -0.3 is 10.1 Å². The fourth-order valence-electron chi connectivity index (χ4n) is 3.70. The highest BCUT2D eigenvalue weighted by atomic mass is 19.1. The van der Waals surface area contributed by atoms with Gasteiger partial charge in [0.1, 0.15) is 17.2 Å². The molecule has 1 aromatic rings. The smallest absolute Gasteiger partial charge is 0.125 e. The number of halogens is 1. The Labute approximate surface area is 114 Å². The van der Waals surface area contributed by atoms with Gasteiger partial charge in [-0.05, 0) is 49.9 Å². The first-order valence-corrected chi connectivity index (χ1v) is 7.34. The van der Waals surface area contributed by atoms with E-state index >= 15 is 0 Å². The van der Waals surface area contributed by atoms with Gasteiger partial charge in [-0.2, -0.15) is 0 Å². The highest BCUT2D eigenvalue weighted by Gasteiger charge is 2.45. The lowest BCUT2D eigenvalue weighted by atomic mass is 9.85. The number of benzene rings is 1. The van der Waals surface area contributed by atoms with Crippen LogP contribution < -0.4 is 10.1 Å². The molecular weight excluding hydrogens is 241 g/mol. The maximum Gasteiger partial charge on any atom is 0.125 e. The van der Waals surface area contributed by atoms with Crippen LogP contribution in [0.2, 0.25) is 0 Å². The summed E-state index contributed by atoms with van der Waals surface area (Å²) in [6.07, 6.45) is 4.43.